The Labute approximate surface area is 128 Å². The third-order valence-electron chi connectivity index (χ3n) is 4.55. The molecule has 3 rings (SSSR count). The van der Waals surface area contributed by atoms with Crippen molar-refractivity contribution in [1.82, 2.24) is 10.2 Å². The van der Waals surface area contributed by atoms with Crippen LogP contribution >= 0.6 is 0 Å². The first-order chi connectivity index (χ1) is 10.3. The van der Waals surface area contributed by atoms with Crippen LogP contribution in [0.1, 0.15) is 31.2 Å². The fraction of sp³-hybridized carbons (Fsp3) is 0.667. The molecule has 1 aliphatic heterocycles. The number of nitrogens with zero attached hydrogens (tertiary/aromatic N) is 1. The summed E-state index contributed by atoms with van der Waals surface area (Å²) in [5, 5.41) is 3.61. The number of hydrogen-bond donors (Lipinski definition) is 1. The molecular formula is C18H28N2O. The maximum atomic E-state index is 5.90. The largest absolute Gasteiger partial charge is 0.492 e. The van der Waals surface area contributed by atoms with Crippen molar-refractivity contribution in [3.8, 4) is 5.75 Å². The zero-order valence-corrected chi connectivity index (χ0v) is 13.2. The molecule has 0 aromatic heterocycles. The van der Waals surface area contributed by atoms with Crippen LogP contribution in [0.3, 0.4) is 0 Å². The molecular weight excluding hydrogens is 260 g/mol. The Morgan fingerprint density at radius 3 is 2.62 bits per heavy atom. The average Bonchev–Trinajstić information content (AvgIpc) is 3.14. The molecule has 0 bridgehead atoms. The van der Waals surface area contributed by atoms with Crippen molar-refractivity contribution in [3.63, 3.8) is 0 Å². The quantitative estimate of drug-likeness (QED) is 0.796. The van der Waals surface area contributed by atoms with Gasteiger partial charge in [-0.15, -0.1) is 0 Å². The number of aryl methyl sites for hydroxylation is 1. The topological polar surface area (TPSA) is 24.5 Å². The molecule has 116 valence electrons. The lowest BCUT2D eigenvalue weighted by Crippen LogP contribution is -2.40. The summed E-state index contributed by atoms with van der Waals surface area (Å²) in [6.07, 6.45) is 5.52. The van der Waals surface area contributed by atoms with E-state index < -0.39 is 0 Å². The van der Waals surface area contributed by atoms with Gasteiger partial charge in [0.15, 0.2) is 0 Å². The summed E-state index contributed by atoms with van der Waals surface area (Å²) in [6.45, 7) is 7.59. The van der Waals surface area contributed by atoms with Crippen LogP contribution in [-0.2, 0) is 0 Å². The van der Waals surface area contributed by atoms with Crippen molar-refractivity contribution in [1.29, 1.82) is 0 Å². The van der Waals surface area contributed by atoms with E-state index in [-0.39, 0.29) is 0 Å². The highest BCUT2D eigenvalue weighted by atomic mass is 16.5. The molecule has 1 aromatic carbocycles. The minimum Gasteiger partial charge on any atom is -0.492 e. The third kappa shape index (κ3) is 5.01. The van der Waals surface area contributed by atoms with E-state index in [9.17, 15) is 0 Å². The van der Waals surface area contributed by atoms with E-state index in [0.29, 0.717) is 6.04 Å². The van der Waals surface area contributed by atoms with Crippen molar-refractivity contribution in [2.24, 2.45) is 5.92 Å². The average molecular weight is 288 g/mol. The van der Waals surface area contributed by atoms with Gasteiger partial charge in [0.05, 0.1) is 0 Å². The van der Waals surface area contributed by atoms with E-state index in [0.717, 1.165) is 24.8 Å². The fourth-order valence-corrected chi connectivity index (χ4v) is 3.07. The van der Waals surface area contributed by atoms with Crippen molar-refractivity contribution in [3.05, 3.63) is 29.8 Å². The molecule has 3 nitrogen and oxygen atoms in total. The normalized spacial score (nSPS) is 21.9. The van der Waals surface area contributed by atoms with Crippen LogP contribution in [0.15, 0.2) is 24.3 Å². The number of ether oxygens (including phenoxy) is 1. The smallest absolute Gasteiger partial charge is 0.119 e. The van der Waals surface area contributed by atoms with Crippen LogP contribution in [0, 0.1) is 12.8 Å². The van der Waals surface area contributed by atoms with E-state index in [4.69, 9.17) is 4.74 Å². The van der Waals surface area contributed by atoms with Crippen LogP contribution in [0.25, 0.3) is 0 Å². The summed E-state index contributed by atoms with van der Waals surface area (Å²) in [6, 6.07) is 9.06. The predicted molar refractivity (Wildman–Crippen MR) is 86.9 cm³/mol. The molecule has 0 spiro atoms. The summed E-state index contributed by atoms with van der Waals surface area (Å²) in [5.74, 6) is 1.94. The number of rotatable bonds is 8. The zero-order chi connectivity index (χ0) is 14.5. The first-order valence-corrected chi connectivity index (χ1v) is 8.45. The van der Waals surface area contributed by atoms with Gasteiger partial charge >= 0.3 is 0 Å². The summed E-state index contributed by atoms with van der Waals surface area (Å²) in [5.41, 5.74) is 1.28. The molecule has 21 heavy (non-hydrogen) atoms. The molecule has 1 N–H and O–H groups in total. The van der Waals surface area contributed by atoms with Gasteiger partial charge in [-0.25, -0.2) is 0 Å². The summed E-state index contributed by atoms with van der Waals surface area (Å²) >= 11 is 0. The first-order valence-electron chi connectivity index (χ1n) is 8.45. The second-order valence-corrected chi connectivity index (χ2v) is 6.66. The van der Waals surface area contributed by atoms with E-state index in [1.54, 1.807) is 0 Å². The molecule has 1 saturated carbocycles. The molecule has 2 aliphatic rings. The van der Waals surface area contributed by atoms with Crippen LogP contribution in [0.5, 0.6) is 5.75 Å². The zero-order valence-electron chi connectivity index (χ0n) is 13.2. The maximum absolute atomic E-state index is 5.90. The number of nitrogens with one attached hydrogen (secondary N) is 1. The molecule has 3 heteroatoms. The van der Waals surface area contributed by atoms with Gasteiger partial charge in [0, 0.05) is 25.7 Å². The molecule has 1 saturated heterocycles. The highest BCUT2D eigenvalue weighted by molar-refractivity contribution is 5.26. The van der Waals surface area contributed by atoms with Crippen LogP contribution in [-0.4, -0.2) is 43.7 Å². The Bertz CT molecular complexity index is 421. The van der Waals surface area contributed by atoms with E-state index >= 15 is 0 Å². The number of hydrogen-bond acceptors (Lipinski definition) is 3. The second kappa shape index (κ2) is 7.28. The Balaban J connectivity index is 1.43. The molecule has 1 heterocycles. The van der Waals surface area contributed by atoms with Crippen LogP contribution in [0.4, 0.5) is 0 Å². The van der Waals surface area contributed by atoms with Crippen molar-refractivity contribution in [2.75, 3.05) is 32.8 Å². The van der Waals surface area contributed by atoms with E-state index in [1.807, 2.05) is 0 Å². The Hall–Kier alpha value is -1.06. The van der Waals surface area contributed by atoms with Gasteiger partial charge < -0.3 is 10.1 Å². The Morgan fingerprint density at radius 1 is 1.14 bits per heavy atom. The molecule has 1 aromatic rings. The molecule has 1 unspecified atom stereocenters. The Kier molecular flexibility index (Phi) is 5.15. The van der Waals surface area contributed by atoms with Crippen LogP contribution < -0.4 is 10.1 Å². The number of benzene rings is 1. The molecule has 2 fully saturated rings. The van der Waals surface area contributed by atoms with Crippen molar-refractivity contribution < 1.29 is 4.74 Å². The summed E-state index contributed by atoms with van der Waals surface area (Å²) < 4.78 is 5.90. The van der Waals surface area contributed by atoms with E-state index in [1.165, 1.54) is 50.9 Å². The van der Waals surface area contributed by atoms with Gasteiger partial charge in [-0.05, 0) is 57.2 Å². The standard InChI is InChI=1S/C18H28N2O/c1-15-4-8-18(9-5-15)21-12-11-20(13-16-6-7-16)14-17-3-2-10-19-17/h4-5,8-9,16-17,19H,2-3,6-7,10-14H2,1H3. The minimum absolute atomic E-state index is 0.697. The lowest BCUT2D eigenvalue weighted by molar-refractivity contribution is 0.190. The van der Waals surface area contributed by atoms with Crippen molar-refractivity contribution >= 4 is 0 Å². The maximum Gasteiger partial charge on any atom is 0.119 e. The van der Waals surface area contributed by atoms with Gasteiger partial charge in [-0.2, -0.15) is 0 Å². The monoisotopic (exact) mass is 288 g/mol. The van der Waals surface area contributed by atoms with Gasteiger partial charge in [-0.3, -0.25) is 4.90 Å². The summed E-state index contributed by atoms with van der Waals surface area (Å²) in [4.78, 5) is 2.61. The molecule has 0 radical (unpaired) electrons. The predicted octanol–water partition coefficient (Wildman–Crippen LogP) is 2.84. The minimum atomic E-state index is 0.697. The highest BCUT2D eigenvalue weighted by Crippen LogP contribution is 2.29. The van der Waals surface area contributed by atoms with Crippen molar-refractivity contribution in [2.45, 2.75) is 38.6 Å². The van der Waals surface area contributed by atoms with Gasteiger partial charge in [-0.1, -0.05) is 17.7 Å². The SMILES string of the molecule is Cc1ccc(OCCN(CC2CC2)CC2CCCN2)cc1. The lowest BCUT2D eigenvalue weighted by atomic mass is 10.2. The summed E-state index contributed by atoms with van der Waals surface area (Å²) in [7, 11) is 0. The van der Waals surface area contributed by atoms with E-state index in [2.05, 4.69) is 41.4 Å². The highest BCUT2D eigenvalue weighted by Gasteiger charge is 2.26. The molecule has 0 amide bonds. The fourth-order valence-electron chi connectivity index (χ4n) is 3.07. The second-order valence-electron chi connectivity index (χ2n) is 6.66. The van der Waals surface area contributed by atoms with Crippen LogP contribution in [0.2, 0.25) is 0 Å². The lowest BCUT2D eigenvalue weighted by Gasteiger charge is -2.25. The molecule has 1 atom stereocenters. The van der Waals surface area contributed by atoms with Gasteiger partial charge in [0.1, 0.15) is 12.4 Å². The third-order valence-corrected chi connectivity index (χ3v) is 4.55. The van der Waals surface area contributed by atoms with Gasteiger partial charge in [0.25, 0.3) is 0 Å². The Morgan fingerprint density at radius 2 is 1.95 bits per heavy atom. The molecule has 1 aliphatic carbocycles. The van der Waals surface area contributed by atoms with Gasteiger partial charge in [0.2, 0.25) is 0 Å². The first kappa shape index (κ1) is 14.9.